The molecule has 7 nitrogen and oxygen atoms in total. The van der Waals surface area contributed by atoms with Crippen LogP contribution in [0.25, 0.3) is 33.7 Å². The minimum absolute atomic E-state index is 0.120. The summed E-state index contributed by atoms with van der Waals surface area (Å²) in [5, 5.41) is 2.74. The molecule has 2 aromatic carbocycles. The van der Waals surface area contributed by atoms with Gasteiger partial charge in [0.25, 0.3) is 5.92 Å². The predicted octanol–water partition coefficient (Wildman–Crippen LogP) is 5.59. The van der Waals surface area contributed by atoms with Crippen molar-refractivity contribution in [2.45, 2.75) is 25.4 Å². The number of carbonyl (C=O) groups excluding carboxylic acids is 1. The molecule has 2 N–H and O–H groups in total. The Bertz CT molecular complexity index is 1390. The van der Waals surface area contributed by atoms with Crippen LogP contribution in [-0.2, 0) is 11.3 Å². The van der Waals surface area contributed by atoms with Gasteiger partial charge in [-0.15, -0.1) is 0 Å². The van der Waals surface area contributed by atoms with Crippen molar-refractivity contribution in [3.05, 3.63) is 60.3 Å². The van der Waals surface area contributed by atoms with Crippen LogP contribution in [0.4, 0.5) is 25.0 Å². The molecule has 0 radical (unpaired) electrons. The molecular formula is C25H21F2N5O2. The summed E-state index contributed by atoms with van der Waals surface area (Å²) in [6.07, 6.45) is 1.01. The number of aromatic nitrogens is 3. The second-order valence-electron chi connectivity index (χ2n) is 8.56. The Hall–Kier alpha value is -4.01. The van der Waals surface area contributed by atoms with Crippen molar-refractivity contribution in [3.8, 4) is 22.5 Å². The van der Waals surface area contributed by atoms with Crippen LogP contribution in [0.15, 0.2) is 54.7 Å². The lowest BCUT2D eigenvalue weighted by molar-refractivity contribution is -0.0220. The van der Waals surface area contributed by atoms with Gasteiger partial charge in [-0.1, -0.05) is 12.1 Å². The minimum atomic E-state index is -2.56. The van der Waals surface area contributed by atoms with Crippen molar-refractivity contribution >= 4 is 28.6 Å². The number of pyridine rings is 1. The van der Waals surface area contributed by atoms with Gasteiger partial charge in [-0.25, -0.2) is 23.5 Å². The molecule has 0 unspecified atom stereocenters. The molecule has 0 spiro atoms. The molecule has 4 aromatic rings. The highest BCUT2D eigenvalue weighted by Crippen LogP contribution is 2.36. The highest BCUT2D eigenvalue weighted by atomic mass is 19.3. The zero-order valence-electron chi connectivity index (χ0n) is 18.1. The molecule has 1 amide bonds. The fourth-order valence-corrected chi connectivity index (χ4v) is 4.58. The number of alkyl halides is 2. The topological polar surface area (TPSA) is 83.1 Å². The normalized spacial score (nSPS) is 17.2. The number of nitrogens with one attached hydrogen (secondary N) is 2. The van der Waals surface area contributed by atoms with Gasteiger partial charge in [0.15, 0.2) is 5.65 Å². The quantitative estimate of drug-likeness (QED) is 0.416. The Morgan fingerprint density at radius 2 is 1.79 bits per heavy atom. The second kappa shape index (κ2) is 7.79. The van der Waals surface area contributed by atoms with E-state index in [2.05, 4.69) is 15.3 Å². The van der Waals surface area contributed by atoms with E-state index in [4.69, 9.17) is 9.72 Å². The van der Waals surface area contributed by atoms with Crippen LogP contribution in [0.2, 0.25) is 0 Å². The average molecular weight is 461 g/mol. The maximum Gasteiger partial charge on any atom is 0.411 e. The first-order valence-corrected chi connectivity index (χ1v) is 11.1. The zero-order valence-corrected chi connectivity index (χ0v) is 18.1. The second-order valence-corrected chi connectivity index (χ2v) is 8.56. The molecule has 34 heavy (non-hydrogen) atoms. The molecule has 1 fully saturated rings. The molecule has 2 aliphatic heterocycles. The summed E-state index contributed by atoms with van der Waals surface area (Å²) in [7, 11) is 0. The van der Waals surface area contributed by atoms with Crippen LogP contribution >= 0.6 is 0 Å². The first-order chi connectivity index (χ1) is 16.5. The average Bonchev–Trinajstić information content (AvgIpc) is 3.28. The monoisotopic (exact) mass is 461 g/mol. The van der Waals surface area contributed by atoms with Gasteiger partial charge in [-0.05, 0) is 42.0 Å². The molecule has 9 heteroatoms. The van der Waals surface area contributed by atoms with Crippen molar-refractivity contribution in [1.29, 1.82) is 0 Å². The Labute approximate surface area is 193 Å². The summed E-state index contributed by atoms with van der Waals surface area (Å²) in [4.78, 5) is 26.1. The molecule has 0 saturated carbocycles. The third kappa shape index (κ3) is 3.63. The van der Waals surface area contributed by atoms with Gasteiger partial charge in [-0.3, -0.25) is 5.32 Å². The Morgan fingerprint density at radius 3 is 2.59 bits per heavy atom. The molecule has 0 bridgehead atoms. The number of amides is 1. The van der Waals surface area contributed by atoms with Gasteiger partial charge in [0.1, 0.15) is 17.9 Å². The molecular weight excluding hydrogens is 440 g/mol. The summed E-state index contributed by atoms with van der Waals surface area (Å²) in [6.45, 7) is 0.869. The SMILES string of the molecule is O=C1Nc2cccc(-c3ccnc4[nH]c(-c5ccc(N6CCC(F)(F)CC6)cc5)nc34)c2CO1. The number of carbonyl (C=O) groups is 1. The highest BCUT2D eigenvalue weighted by Gasteiger charge is 2.34. The summed E-state index contributed by atoms with van der Waals surface area (Å²) >= 11 is 0. The lowest BCUT2D eigenvalue weighted by Gasteiger charge is -2.33. The molecule has 2 aromatic heterocycles. The van der Waals surface area contributed by atoms with Gasteiger partial charge >= 0.3 is 6.09 Å². The van der Waals surface area contributed by atoms with Crippen LogP contribution in [-0.4, -0.2) is 40.1 Å². The summed E-state index contributed by atoms with van der Waals surface area (Å²) in [5.41, 5.74) is 6.57. The van der Waals surface area contributed by atoms with E-state index in [1.807, 2.05) is 53.4 Å². The third-order valence-electron chi connectivity index (χ3n) is 6.44. The van der Waals surface area contributed by atoms with Crippen molar-refractivity contribution in [1.82, 2.24) is 15.0 Å². The summed E-state index contributed by atoms with van der Waals surface area (Å²) in [5.74, 6) is -1.90. The number of piperidine rings is 1. The Morgan fingerprint density at radius 1 is 1.00 bits per heavy atom. The largest absolute Gasteiger partial charge is 0.444 e. The van der Waals surface area contributed by atoms with E-state index < -0.39 is 12.0 Å². The van der Waals surface area contributed by atoms with Crippen molar-refractivity contribution in [2.24, 2.45) is 0 Å². The maximum atomic E-state index is 13.5. The Balaban J connectivity index is 1.33. The fourth-order valence-electron chi connectivity index (χ4n) is 4.58. The van der Waals surface area contributed by atoms with E-state index in [1.54, 1.807) is 6.20 Å². The summed E-state index contributed by atoms with van der Waals surface area (Å²) in [6, 6.07) is 15.4. The van der Waals surface area contributed by atoms with Crippen molar-refractivity contribution in [3.63, 3.8) is 0 Å². The number of benzene rings is 2. The van der Waals surface area contributed by atoms with Crippen molar-refractivity contribution in [2.75, 3.05) is 23.3 Å². The number of rotatable bonds is 3. The predicted molar refractivity (Wildman–Crippen MR) is 125 cm³/mol. The smallest absolute Gasteiger partial charge is 0.411 e. The molecule has 1 saturated heterocycles. The van der Waals surface area contributed by atoms with Crippen LogP contribution in [0.1, 0.15) is 18.4 Å². The van der Waals surface area contributed by atoms with Gasteiger partial charge in [-0.2, -0.15) is 0 Å². The number of aromatic amines is 1. The lowest BCUT2D eigenvalue weighted by Crippen LogP contribution is -2.39. The van der Waals surface area contributed by atoms with Crippen LogP contribution in [0.5, 0.6) is 0 Å². The molecule has 0 aliphatic carbocycles. The number of imidazole rings is 1. The fraction of sp³-hybridized carbons (Fsp3) is 0.240. The number of fused-ring (bicyclic) bond motifs is 2. The maximum absolute atomic E-state index is 13.5. The van der Waals surface area contributed by atoms with E-state index in [9.17, 15) is 13.6 Å². The van der Waals surface area contributed by atoms with Crippen LogP contribution < -0.4 is 10.2 Å². The number of cyclic esters (lactones) is 1. The van der Waals surface area contributed by atoms with Gasteiger partial charge in [0.2, 0.25) is 0 Å². The molecule has 2 aliphatic rings. The first kappa shape index (κ1) is 20.6. The number of hydrogen-bond donors (Lipinski definition) is 2. The third-order valence-corrected chi connectivity index (χ3v) is 6.44. The number of nitrogens with zero attached hydrogens (tertiary/aromatic N) is 3. The van der Waals surface area contributed by atoms with Gasteiger partial charge in [0.05, 0.1) is 5.69 Å². The number of ether oxygens (including phenoxy) is 1. The van der Waals surface area contributed by atoms with Gasteiger partial charge < -0.3 is 14.6 Å². The number of H-pyrrole nitrogens is 1. The molecule has 0 atom stereocenters. The number of hydrogen-bond acceptors (Lipinski definition) is 5. The summed E-state index contributed by atoms with van der Waals surface area (Å²) < 4.78 is 32.1. The van der Waals surface area contributed by atoms with Gasteiger partial charge in [0, 0.05) is 54.5 Å². The van der Waals surface area contributed by atoms with E-state index in [0.717, 1.165) is 33.6 Å². The van der Waals surface area contributed by atoms with E-state index >= 15 is 0 Å². The van der Waals surface area contributed by atoms with E-state index in [0.29, 0.717) is 30.1 Å². The Kier molecular flexibility index (Phi) is 4.72. The first-order valence-electron chi connectivity index (χ1n) is 11.1. The van der Waals surface area contributed by atoms with Crippen molar-refractivity contribution < 1.29 is 18.3 Å². The molecule has 6 rings (SSSR count). The molecule has 4 heterocycles. The van der Waals surface area contributed by atoms with Crippen LogP contribution in [0.3, 0.4) is 0 Å². The highest BCUT2D eigenvalue weighted by molar-refractivity contribution is 5.96. The standard InChI is InChI=1S/C25H21F2N5O2/c26-25(27)9-12-32(13-10-25)16-6-4-15(5-7-16)22-30-21-18(8-11-28-23(21)31-22)17-2-1-3-20-19(17)14-34-24(33)29-20/h1-8,11H,9-10,12-14H2,(H,29,33)(H,28,30,31). The number of anilines is 2. The minimum Gasteiger partial charge on any atom is -0.444 e. The lowest BCUT2D eigenvalue weighted by atomic mass is 9.98. The number of halogens is 2. The zero-order chi connectivity index (χ0) is 23.3. The van der Waals surface area contributed by atoms with E-state index in [-0.39, 0.29) is 19.4 Å². The molecule has 172 valence electrons. The van der Waals surface area contributed by atoms with E-state index in [1.165, 1.54) is 0 Å². The van der Waals surface area contributed by atoms with Crippen LogP contribution in [0, 0.1) is 0 Å².